The van der Waals surface area contributed by atoms with Crippen molar-refractivity contribution >= 4 is 29.2 Å². The van der Waals surface area contributed by atoms with Crippen molar-refractivity contribution in [3.05, 3.63) is 42.0 Å². The minimum absolute atomic E-state index is 0.0754. The molecule has 6 heteroatoms. The van der Waals surface area contributed by atoms with Crippen LogP contribution >= 0.6 is 0 Å². The number of amides is 3. The van der Waals surface area contributed by atoms with Crippen LogP contribution in [-0.4, -0.2) is 34.9 Å². The average molecular weight is 368 g/mol. The maximum atomic E-state index is 12.5. The van der Waals surface area contributed by atoms with Crippen LogP contribution in [0.5, 0.6) is 0 Å². The number of carbonyl (C=O) groups is 4. The molecule has 1 aromatic carbocycles. The van der Waals surface area contributed by atoms with E-state index in [-0.39, 0.29) is 47.8 Å². The molecule has 3 rings (SSSR count). The van der Waals surface area contributed by atoms with E-state index < -0.39 is 0 Å². The summed E-state index contributed by atoms with van der Waals surface area (Å²) in [7, 11) is 0. The number of anilines is 1. The van der Waals surface area contributed by atoms with Crippen molar-refractivity contribution in [3.63, 3.8) is 0 Å². The first kappa shape index (κ1) is 19.0. The van der Waals surface area contributed by atoms with Crippen LogP contribution in [0.1, 0.15) is 43.5 Å². The van der Waals surface area contributed by atoms with Crippen LogP contribution in [0.3, 0.4) is 0 Å². The largest absolute Gasteiger partial charge is 0.326 e. The fourth-order valence-corrected chi connectivity index (χ4v) is 3.58. The molecule has 0 saturated carbocycles. The predicted molar refractivity (Wildman–Crippen MR) is 101 cm³/mol. The number of fused-ring (bicyclic) bond motifs is 1. The van der Waals surface area contributed by atoms with E-state index in [1.165, 1.54) is 0 Å². The number of imide groups is 1. The zero-order chi connectivity index (χ0) is 19.6. The van der Waals surface area contributed by atoms with Gasteiger partial charge in [0.05, 0.1) is 18.4 Å². The van der Waals surface area contributed by atoms with Gasteiger partial charge in [-0.2, -0.15) is 0 Å². The van der Waals surface area contributed by atoms with Gasteiger partial charge >= 0.3 is 0 Å². The third-order valence-electron chi connectivity index (χ3n) is 4.98. The highest BCUT2D eigenvalue weighted by molar-refractivity contribution is 6.10. The summed E-state index contributed by atoms with van der Waals surface area (Å²) >= 11 is 0. The van der Waals surface area contributed by atoms with Gasteiger partial charge in [-0.05, 0) is 43.0 Å². The van der Waals surface area contributed by atoms with Gasteiger partial charge in [-0.3, -0.25) is 24.1 Å². The van der Waals surface area contributed by atoms with Crippen molar-refractivity contribution in [2.75, 3.05) is 11.9 Å². The van der Waals surface area contributed by atoms with Crippen molar-refractivity contribution in [2.24, 2.45) is 17.8 Å². The Morgan fingerprint density at radius 2 is 1.59 bits per heavy atom. The molecule has 6 nitrogen and oxygen atoms in total. The molecular weight excluding hydrogens is 344 g/mol. The summed E-state index contributed by atoms with van der Waals surface area (Å²) < 4.78 is 0. The Kier molecular flexibility index (Phi) is 5.54. The lowest BCUT2D eigenvalue weighted by molar-refractivity contribution is -0.139. The molecule has 0 radical (unpaired) electrons. The number of nitrogens with one attached hydrogen (secondary N) is 1. The molecule has 1 aliphatic heterocycles. The highest BCUT2D eigenvalue weighted by atomic mass is 16.2. The zero-order valence-electron chi connectivity index (χ0n) is 15.6. The normalized spacial score (nSPS) is 21.5. The molecule has 0 aromatic heterocycles. The Bertz CT molecular complexity index is 769. The van der Waals surface area contributed by atoms with Gasteiger partial charge in [-0.15, -0.1) is 0 Å². The second-order valence-corrected chi connectivity index (χ2v) is 7.57. The first-order valence-corrected chi connectivity index (χ1v) is 9.30. The number of hydrogen-bond donors (Lipinski definition) is 1. The minimum Gasteiger partial charge on any atom is -0.326 e. The maximum absolute atomic E-state index is 12.5. The minimum atomic E-state index is -0.325. The fourth-order valence-electron chi connectivity index (χ4n) is 3.58. The second kappa shape index (κ2) is 7.86. The van der Waals surface area contributed by atoms with Crippen LogP contribution < -0.4 is 5.32 Å². The summed E-state index contributed by atoms with van der Waals surface area (Å²) in [5.41, 5.74) is 1.02. The van der Waals surface area contributed by atoms with Gasteiger partial charge in [-0.1, -0.05) is 26.0 Å². The molecule has 3 amide bonds. The molecule has 2 atom stereocenters. The van der Waals surface area contributed by atoms with Gasteiger partial charge in [0.1, 0.15) is 0 Å². The third kappa shape index (κ3) is 4.15. The summed E-state index contributed by atoms with van der Waals surface area (Å²) in [6.45, 7) is 3.70. The van der Waals surface area contributed by atoms with Crippen molar-refractivity contribution in [1.82, 2.24) is 4.90 Å². The number of hydrogen-bond acceptors (Lipinski definition) is 4. The number of Topliss-reactive ketones (excluding diaryl/α,β-unsaturated/α-hetero) is 1. The van der Waals surface area contributed by atoms with Crippen LogP contribution in [0, 0.1) is 17.8 Å². The van der Waals surface area contributed by atoms with E-state index in [0.717, 1.165) is 4.90 Å². The highest BCUT2D eigenvalue weighted by Gasteiger charge is 2.47. The third-order valence-corrected chi connectivity index (χ3v) is 4.98. The molecular formula is C21H24N2O4. The molecule has 1 aliphatic carbocycles. The molecule has 2 aliphatic rings. The first-order valence-electron chi connectivity index (χ1n) is 9.30. The number of ketones is 1. The number of benzene rings is 1. The molecule has 27 heavy (non-hydrogen) atoms. The standard InChI is InChI=1S/C21H24N2O4/c1-13(2)11-19(25)22-15-9-7-14(8-10-15)18(24)12-23-20(26)16-5-3-4-6-17(16)21(23)27/h3-4,7-10,13,16-17H,5-6,11-12H2,1-2H3,(H,22,25)/t16-,17-/m1/s1. The number of rotatable bonds is 6. The zero-order valence-corrected chi connectivity index (χ0v) is 15.6. The lowest BCUT2D eigenvalue weighted by Gasteiger charge is -2.14. The Hall–Kier alpha value is -2.76. The SMILES string of the molecule is CC(C)CC(=O)Nc1ccc(C(=O)CN2C(=O)[C@@H]3CC=CC[C@H]3C2=O)cc1. The van der Waals surface area contributed by atoms with Crippen LogP contribution in [0.4, 0.5) is 5.69 Å². The first-order chi connectivity index (χ1) is 12.9. The number of carbonyl (C=O) groups excluding carboxylic acids is 4. The quantitative estimate of drug-likeness (QED) is 0.475. The smallest absolute Gasteiger partial charge is 0.233 e. The number of nitrogens with zero attached hydrogens (tertiary/aromatic N) is 1. The van der Waals surface area contributed by atoms with Crippen LogP contribution in [0.15, 0.2) is 36.4 Å². The molecule has 142 valence electrons. The van der Waals surface area contributed by atoms with Crippen LogP contribution in [-0.2, 0) is 14.4 Å². The van der Waals surface area contributed by atoms with Gasteiger partial charge in [0, 0.05) is 17.7 Å². The predicted octanol–water partition coefficient (Wildman–Crippen LogP) is 2.81. The average Bonchev–Trinajstić information content (AvgIpc) is 2.87. The summed E-state index contributed by atoms with van der Waals surface area (Å²) in [6, 6.07) is 6.52. The Morgan fingerprint density at radius 1 is 1.04 bits per heavy atom. The Morgan fingerprint density at radius 3 is 2.11 bits per heavy atom. The van der Waals surface area contributed by atoms with Crippen LogP contribution in [0.25, 0.3) is 0 Å². The Labute approximate surface area is 158 Å². The van der Waals surface area contributed by atoms with Gasteiger partial charge in [0.2, 0.25) is 17.7 Å². The van der Waals surface area contributed by atoms with Crippen molar-refractivity contribution in [3.8, 4) is 0 Å². The van der Waals surface area contributed by atoms with E-state index in [2.05, 4.69) is 5.32 Å². The highest BCUT2D eigenvalue weighted by Crippen LogP contribution is 2.35. The lowest BCUT2D eigenvalue weighted by atomic mass is 9.85. The van der Waals surface area contributed by atoms with E-state index >= 15 is 0 Å². The topological polar surface area (TPSA) is 83.6 Å². The van der Waals surface area contributed by atoms with Gasteiger partial charge in [0.15, 0.2) is 5.78 Å². The molecule has 1 heterocycles. The van der Waals surface area contributed by atoms with E-state index in [9.17, 15) is 19.2 Å². The number of likely N-dealkylation sites (tertiary alicyclic amines) is 1. The number of allylic oxidation sites excluding steroid dienone is 2. The van der Waals surface area contributed by atoms with Gasteiger partial charge in [0.25, 0.3) is 0 Å². The second-order valence-electron chi connectivity index (χ2n) is 7.57. The van der Waals surface area contributed by atoms with E-state index in [1.54, 1.807) is 24.3 Å². The Balaban J connectivity index is 1.62. The van der Waals surface area contributed by atoms with Crippen LogP contribution in [0.2, 0.25) is 0 Å². The van der Waals surface area contributed by atoms with Crippen molar-refractivity contribution in [2.45, 2.75) is 33.1 Å². The molecule has 1 fully saturated rings. The summed E-state index contributed by atoms with van der Waals surface area (Å²) in [5.74, 6) is -1.25. The van der Waals surface area contributed by atoms with E-state index in [4.69, 9.17) is 0 Å². The molecule has 0 spiro atoms. The van der Waals surface area contributed by atoms with Gasteiger partial charge in [-0.25, -0.2) is 0 Å². The van der Waals surface area contributed by atoms with Gasteiger partial charge < -0.3 is 5.32 Å². The molecule has 0 bridgehead atoms. The summed E-state index contributed by atoms with van der Waals surface area (Å²) in [6.07, 6.45) is 5.39. The maximum Gasteiger partial charge on any atom is 0.233 e. The van der Waals surface area contributed by atoms with E-state index in [1.807, 2.05) is 26.0 Å². The monoisotopic (exact) mass is 368 g/mol. The summed E-state index contributed by atoms with van der Waals surface area (Å²) in [5, 5.41) is 2.78. The van der Waals surface area contributed by atoms with E-state index in [0.29, 0.717) is 30.5 Å². The summed E-state index contributed by atoms with van der Waals surface area (Å²) in [4.78, 5) is 50.3. The molecule has 0 unspecified atom stereocenters. The fraction of sp³-hybridized carbons (Fsp3) is 0.429. The molecule has 1 saturated heterocycles. The lowest BCUT2D eigenvalue weighted by Crippen LogP contribution is -2.36. The van der Waals surface area contributed by atoms with Crippen molar-refractivity contribution < 1.29 is 19.2 Å². The van der Waals surface area contributed by atoms with Crippen molar-refractivity contribution in [1.29, 1.82) is 0 Å². The molecule has 1 aromatic rings. The molecule has 1 N–H and O–H groups in total.